The van der Waals surface area contributed by atoms with Crippen LogP contribution in [0.15, 0.2) is 24.3 Å². The summed E-state index contributed by atoms with van der Waals surface area (Å²) in [6, 6.07) is 7.56. The predicted octanol–water partition coefficient (Wildman–Crippen LogP) is 3.79. The molecule has 0 atom stereocenters. The Kier molecular flexibility index (Phi) is 5.60. The van der Waals surface area contributed by atoms with Gasteiger partial charge in [0, 0.05) is 37.6 Å². The van der Waals surface area contributed by atoms with Gasteiger partial charge in [-0.1, -0.05) is 23.7 Å². The molecule has 0 spiro atoms. The molecule has 3 aliphatic rings. The third kappa shape index (κ3) is 4.08. The van der Waals surface area contributed by atoms with E-state index in [1.807, 2.05) is 24.3 Å². The first kappa shape index (κ1) is 21.9. The maximum absolute atomic E-state index is 13.0. The van der Waals surface area contributed by atoms with Gasteiger partial charge in [0.15, 0.2) is 0 Å². The number of halogens is 4. The van der Waals surface area contributed by atoms with Crippen molar-refractivity contribution in [3.63, 3.8) is 0 Å². The maximum atomic E-state index is 13.0. The third-order valence-electron chi connectivity index (χ3n) is 6.72. The van der Waals surface area contributed by atoms with Crippen LogP contribution in [0.5, 0.6) is 0 Å². The highest BCUT2D eigenvalue weighted by molar-refractivity contribution is 7.89. The average Bonchev–Trinajstić information content (AvgIpc) is 3.42. The molecule has 3 fully saturated rings. The van der Waals surface area contributed by atoms with Crippen molar-refractivity contribution in [2.75, 3.05) is 26.2 Å². The number of piperidine rings is 1. The smallest absolute Gasteiger partial charge is 0.340 e. The summed E-state index contributed by atoms with van der Waals surface area (Å²) >= 11 is 5.91. The molecule has 0 unspecified atom stereocenters. The Morgan fingerprint density at radius 2 is 1.67 bits per heavy atom. The SMILES string of the molecule is O=C(CC1(C(F)(F)F)CC1)N1CC(S(=O)(=O)N2CCC(c3ccc(Cl)cc3)CC2)C1. The Morgan fingerprint density at radius 3 is 2.17 bits per heavy atom. The monoisotopic (exact) mass is 464 g/mol. The number of hydrogen-bond donors (Lipinski definition) is 0. The van der Waals surface area contributed by atoms with Crippen LogP contribution in [0.2, 0.25) is 5.02 Å². The molecule has 2 aliphatic heterocycles. The van der Waals surface area contributed by atoms with Gasteiger partial charge < -0.3 is 4.90 Å². The molecule has 1 saturated carbocycles. The Labute approximate surface area is 179 Å². The summed E-state index contributed by atoms with van der Waals surface area (Å²) < 4.78 is 66.3. The number of likely N-dealkylation sites (tertiary alicyclic amines) is 1. The molecule has 30 heavy (non-hydrogen) atoms. The zero-order valence-corrected chi connectivity index (χ0v) is 17.9. The van der Waals surface area contributed by atoms with Gasteiger partial charge in [-0.15, -0.1) is 0 Å². The van der Waals surface area contributed by atoms with Crippen LogP contribution in [-0.2, 0) is 14.8 Å². The summed E-state index contributed by atoms with van der Waals surface area (Å²) in [5.41, 5.74) is -0.757. The van der Waals surface area contributed by atoms with Crippen molar-refractivity contribution in [1.82, 2.24) is 9.21 Å². The van der Waals surface area contributed by atoms with Crippen LogP contribution < -0.4 is 0 Å². The van der Waals surface area contributed by atoms with Crippen molar-refractivity contribution in [1.29, 1.82) is 0 Å². The molecular weight excluding hydrogens is 441 g/mol. The third-order valence-corrected chi connectivity index (χ3v) is 9.20. The van der Waals surface area contributed by atoms with E-state index in [0.717, 1.165) is 5.56 Å². The summed E-state index contributed by atoms with van der Waals surface area (Å²) in [6.07, 6.45) is -3.61. The van der Waals surface area contributed by atoms with E-state index in [0.29, 0.717) is 31.0 Å². The van der Waals surface area contributed by atoms with E-state index in [4.69, 9.17) is 11.6 Å². The number of carbonyl (C=O) groups excluding carboxylic acids is 1. The van der Waals surface area contributed by atoms with Crippen LogP contribution in [0.25, 0.3) is 0 Å². The largest absolute Gasteiger partial charge is 0.395 e. The number of carbonyl (C=O) groups is 1. The molecule has 1 aliphatic carbocycles. The van der Waals surface area contributed by atoms with Crippen LogP contribution in [0, 0.1) is 5.41 Å². The lowest BCUT2D eigenvalue weighted by Crippen LogP contribution is -2.60. The van der Waals surface area contributed by atoms with Gasteiger partial charge >= 0.3 is 6.18 Å². The zero-order valence-electron chi connectivity index (χ0n) is 16.4. The molecule has 0 N–H and O–H groups in total. The zero-order chi connectivity index (χ0) is 21.7. The van der Waals surface area contributed by atoms with Crippen LogP contribution in [0.1, 0.15) is 43.6 Å². The molecule has 1 amide bonds. The van der Waals surface area contributed by atoms with E-state index in [2.05, 4.69) is 0 Å². The normalized spacial score (nSPS) is 23.3. The van der Waals surface area contributed by atoms with Gasteiger partial charge in [-0.2, -0.15) is 13.2 Å². The van der Waals surface area contributed by atoms with Gasteiger partial charge in [0.05, 0.1) is 5.41 Å². The molecule has 0 bridgehead atoms. The highest BCUT2D eigenvalue weighted by Crippen LogP contribution is 2.60. The standard InChI is InChI=1S/C20H24ClF3N2O3S/c21-16-3-1-14(2-4-16)15-5-9-26(10-6-15)30(28,29)17-12-25(13-17)18(27)11-19(7-8-19)20(22,23)24/h1-4,15,17H,5-13H2. The minimum Gasteiger partial charge on any atom is -0.340 e. The summed E-state index contributed by atoms with van der Waals surface area (Å²) in [7, 11) is -3.56. The summed E-state index contributed by atoms with van der Waals surface area (Å²) in [6.45, 7) is 0.757. The highest BCUT2D eigenvalue weighted by Gasteiger charge is 2.64. The molecule has 1 aromatic rings. The predicted molar refractivity (Wildman–Crippen MR) is 107 cm³/mol. The summed E-state index contributed by atoms with van der Waals surface area (Å²) in [4.78, 5) is 13.5. The lowest BCUT2D eigenvalue weighted by molar-refractivity contribution is -0.193. The first-order valence-electron chi connectivity index (χ1n) is 10.1. The molecule has 4 rings (SSSR count). The Bertz CT molecular complexity index is 902. The number of sulfonamides is 1. The van der Waals surface area contributed by atoms with Crippen LogP contribution in [0.3, 0.4) is 0 Å². The maximum Gasteiger partial charge on any atom is 0.395 e. The molecule has 2 heterocycles. The van der Waals surface area contributed by atoms with Crippen molar-refractivity contribution >= 4 is 27.5 Å². The van der Waals surface area contributed by atoms with E-state index in [1.165, 1.54) is 9.21 Å². The minimum atomic E-state index is -4.38. The number of hydrogen-bond acceptors (Lipinski definition) is 3. The lowest BCUT2D eigenvalue weighted by atomic mass is 9.90. The Balaban J connectivity index is 1.28. The fourth-order valence-electron chi connectivity index (χ4n) is 4.33. The highest BCUT2D eigenvalue weighted by atomic mass is 35.5. The molecule has 2 saturated heterocycles. The molecule has 0 radical (unpaired) electrons. The summed E-state index contributed by atoms with van der Waals surface area (Å²) in [5, 5.41) is -0.0692. The first-order valence-corrected chi connectivity index (χ1v) is 12.0. The number of alkyl halides is 3. The average molecular weight is 465 g/mol. The molecule has 1 aromatic carbocycles. The van der Waals surface area contributed by atoms with Gasteiger partial charge in [-0.05, 0) is 49.3 Å². The van der Waals surface area contributed by atoms with E-state index in [-0.39, 0.29) is 31.8 Å². The van der Waals surface area contributed by atoms with Gasteiger partial charge in [0.25, 0.3) is 0 Å². The number of rotatable bonds is 5. The van der Waals surface area contributed by atoms with Crippen molar-refractivity contribution in [3.05, 3.63) is 34.9 Å². The van der Waals surface area contributed by atoms with Crippen molar-refractivity contribution in [2.24, 2.45) is 5.41 Å². The van der Waals surface area contributed by atoms with Crippen LogP contribution >= 0.6 is 11.6 Å². The fourth-order valence-corrected chi connectivity index (χ4v) is 6.34. The Hall–Kier alpha value is -1.32. The van der Waals surface area contributed by atoms with E-state index in [9.17, 15) is 26.4 Å². The molecular formula is C20H24ClF3N2O3S. The van der Waals surface area contributed by atoms with Gasteiger partial charge in [-0.25, -0.2) is 12.7 Å². The number of benzene rings is 1. The second kappa shape index (κ2) is 7.67. The number of nitrogens with zero attached hydrogens (tertiary/aromatic N) is 2. The lowest BCUT2D eigenvalue weighted by Gasteiger charge is -2.42. The second-order valence-electron chi connectivity index (χ2n) is 8.65. The quantitative estimate of drug-likeness (QED) is 0.666. The van der Waals surface area contributed by atoms with Crippen molar-refractivity contribution in [2.45, 2.75) is 49.4 Å². The summed E-state index contributed by atoms with van der Waals surface area (Å²) in [5.74, 6) is -0.331. The van der Waals surface area contributed by atoms with E-state index >= 15 is 0 Å². The molecule has 166 valence electrons. The first-order chi connectivity index (χ1) is 14.0. The number of amides is 1. The Morgan fingerprint density at radius 1 is 1.10 bits per heavy atom. The molecule has 0 aromatic heterocycles. The minimum absolute atomic E-state index is 0.0216. The van der Waals surface area contributed by atoms with E-state index in [1.54, 1.807) is 0 Å². The van der Waals surface area contributed by atoms with Crippen molar-refractivity contribution < 1.29 is 26.4 Å². The van der Waals surface area contributed by atoms with Crippen LogP contribution in [0.4, 0.5) is 13.2 Å². The molecule has 10 heteroatoms. The van der Waals surface area contributed by atoms with E-state index < -0.39 is 39.2 Å². The van der Waals surface area contributed by atoms with Gasteiger partial charge in [-0.3, -0.25) is 4.79 Å². The fraction of sp³-hybridized carbons (Fsp3) is 0.650. The van der Waals surface area contributed by atoms with Gasteiger partial charge in [0.2, 0.25) is 15.9 Å². The molecule has 5 nitrogen and oxygen atoms in total. The van der Waals surface area contributed by atoms with Gasteiger partial charge in [0.1, 0.15) is 5.25 Å². The second-order valence-corrected chi connectivity index (χ2v) is 11.3. The van der Waals surface area contributed by atoms with Crippen molar-refractivity contribution in [3.8, 4) is 0 Å². The van der Waals surface area contributed by atoms with Crippen LogP contribution in [-0.4, -0.2) is 61.1 Å². The topological polar surface area (TPSA) is 57.7 Å².